The molecule has 6 nitrogen and oxygen atoms in total. The van der Waals surface area contributed by atoms with Gasteiger partial charge in [-0.2, -0.15) is 0 Å². The number of fused-ring (bicyclic) bond motifs is 1. The van der Waals surface area contributed by atoms with Crippen molar-refractivity contribution in [1.82, 2.24) is 9.62 Å². The third-order valence-corrected chi connectivity index (χ3v) is 5.69. The van der Waals surface area contributed by atoms with Gasteiger partial charge in [-0.05, 0) is 42.8 Å². The average molecular weight is 380 g/mol. The van der Waals surface area contributed by atoms with Crippen molar-refractivity contribution in [2.24, 2.45) is 0 Å². The van der Waals surface area contributed by atoms with Crippen LogP contribution in [0.25, 0.3) is 0 Å². The van der Waals surface area contributed by atoms with Crippen molar-refractivity contribution < 1.29 is 26.8 Å². The Morgan fingerprint density at radius 2 is 1.62 bits per heavy atom. The van der Waals surface area contributed by atoms with Crippen molar-refractivity contribution in [3.63, 3.8) is 0 Å². The molecule has 3 rings (SSSR count). The third kappa shape index (κ3) is 2.99. The summed E-state index contributed by atoms with van der Waals surface area (Å²) in [6.07, 6.45) is 0. The van der Waals surface area contributed by atoms with E-state index in [-0.39, 0.29) is 21.6 Å². The number of nitrogens with one attached hydrogen (secondary N) is 1. The highest BCUT2D eigenvalue weighted by Crippen LogP contribution is 2.25. The second-order valence-electron chi connectivity index (χ2n) is 5.89. The molecule has 136 valence electrons. The van der Waals surface area contributed by atoms with Crippen molar-refractivity contribution >= 4 is 21.8 Å². The fourth-order valence-electron chi connectivity index (χ4n) is 2.66. The van der Waals surface area contributed by atoms with Gasteiger partial charge >= 0.3 is 0 Å². The van der Waals surface area contributed by atoms with Crippen LogP contribution in [0.15, 0.2) is 41.3 Å². The molecule has 1 aliphatic heterocycles. The largest absolute Gasteiger partial charge is 0.277 e. The van der Waals surface area contributed by atoms with Crippen LogP contribution in [0, 0.1) is 11.6 Å². The second kappa shape index (κ2) is 6.26. The Morgan fingerprint density at radius 3 is 2.27 bits per heavy atom. The Kier molecular flexibility index (Phi) is 4.37. The number of halogens is 2. The fourth-order valence-corrected chi connectivity index (χ4v) is 3.92. The molecular weight excluding hydrogens is 366 g/mol. The number of carbonyl (C=O) groups excluding carboxylic acids is 2. The first-order valence-electron chi connectivity index (χ1n) is 7.55. The molecule has 1 unspecified atom stereocenters. The molecule has 0 bridgehead atoms. The molecule has 0 saturated heterocycles. The van der Waals surface area contributed by atoms with Gasteiger partial charge in [0.05, 0.1) is 16.0 Å². The molecule has 26 heavy (non-hydrogen) atoms. The number of hydrogen-bond acceptors (Lipinski definition) is 4. The van der Waals surface area contributed by atoms with Gasteiger partial charge in [-0.1, -0.05) is 6.07 Å². The smallest absolute Gasteiger partial charge is 0.261 e. The van der Waals surface area contributed by atoms with Crippen LogP contribution in [-0.4, -0.2) is 32.2 Å². The minimum absolute atomic E-state index is 0.000791. The quantitative estimate of drug-likeness (QED) is 0.825. The number of sulfonamides is 1. The maximum Gasteiger partial charge on any atom is 0.261 e. The molecule has 1 heterocycles. The summed E-state index contributed by atoms with van der Waals surface area (Å²) in [5.74, 6) is -3.21. The van der Waals surface area contributed by atoms with E-state index < -0.39 is 39.5 Å². The van der Waals surface area contributed by atoms with Gasteiger partial charge in [0.2, 0.25) is 10.0 Å². The van der Waals surface area contributed by atoms with Crippen molar-refractivity contribution in [2.75, 3.05) is 7.05 Å². The van der Waals surface area contributed by atoms with Crippen molar-refractivity contribution in [1.29, 1.82) is 0 Å². The first kappa shape index (κ1) is 18.2. The standard InChI is InChI=1S/C17H14F2N2O4S/c1-9(10-3-6-14(18)15(19)7-10)20-26(24,25)11-4-5-12-13(8-11)17(23)21(2)16(12)22/h3-9,20H,1-2H3. The lowest BCUT2D eigenvalue weighted by atomic mass is 10.1. The molecule has 0 aromatic heterocycles. The average Bonchev–Trinajstić information content (AvgIpc) is 2.81. The predicted octanol–water partition coefficient (Wildman–Crippen LogP) is 2.23. The zero-order valence-corrected chi connectivity index (χ0v) is 14.6. The summed E-state index contributed by atoms with van der Waals surface area (Å²) in [6, 6.07) is 5.85. The Morgan fingerprint density at radius 1 is 0.962 bits per heavy atom. The van der Waals surface area contributed by atoms with Crippen molar-refractivity contribution in [3.05, 3.63) is 64.7 Å². The minimum atomic E-state index is -4.06. The number of nitrogens with zero attached hydrogens (tertiary/aromatic N) is 1. The van der Waals surface area contributed by atoms with E-state index in [4.69, 9.17) is 0 Å². The van der Waals surface area contributed by atoms with Gasteiger partial charge in [-0.15, -0.1) is 0 Å². The number of rotatable bonds is 4. The van der Waals surface area contributed by atoms with Crippen LogP contribution in [0.5, 0.6) is 0 Å². The molecule has 1 atom stereocenters. The van der Waals surface area contributed by atoms with Crippen LogP contribution in [0.1, 0.15) is 39.2 Å². The van der Waals surface area contributed by atoms with E-state index in [0.29, 0.717) is 0 Å². The van der Waals surface area contributed by atoms with Crippen LogP contribution in [0.2, 0.25) is 0 Å². The highest BCUT2D eigenvalue weighted by atomic mass is 32.2. The summed E-state index contributed by atoms with van der Waals surface area (Å²) in [6.45, 7) is 1.47. The lowest BCUT2D eigenvalue weighted by Crippen LogP contribution is -2.27. The summed E-state index contributed by atoms with van der Waals surface area (Å²) in [5, 5.41) is 0. The zero-order valence-electron chi connectivity index (χ0n) is 13.8. The number of benzene rings is 2. The number of hydrogen-bond donors (Lipinski definition) is 1. The molecule has 2 aromatic rings. The molecular formula is C17H14F2N2O4S. The van der Waals surface area contributed by atoms with Gasteiger partial charge in [0.15, 0.2) is 11.6 Å². The molecule has 0 aliphatic carbocycles. The summed E-state index contributed by atoms with van der Waals surface area (Å²) in [5.41, 5.74) is 0.366. The fraction of sp³-hybridized carbons (Fsp3) is 0.176. The first-order valence-corrected chi connectivity index (χ1v) is 9.04. The summed E-state index contributed by atoms with van der Waals surface area (Å²) in [4.78, 5) is 24.6. The van der Waals surface area contributed by atoms with E-state index in [1.54, 1.807) is 0 Å². The Bertz CT molecular complexity index is 1040. The molecule has 2 aromatic carbocycles. The monoisotopic (exact) mass is 380 g/mol. The molecule has 9 heteroatoms. The van der Waals surface area contributed by atoms with E-state index in [1.165, 1.54) is 32.2 Å². The van der Waals surface area contributed by atoms with E-state index >= 15 is 0 Å². The molecule has 2 amide bonds. The van der Waals surface area contributed by atoms with Crippen LogP contribution >= 0.6 is 0 Å². The lowest BCUT2D eigenvalue weighted by Gasteiger charge is -2.15. The highest BCUT2D eigenvalue weighted by molar-refractivity contribution is 7.89. The summed E-state index contributed by atoms with van der Waals surface area (Å²) >= 11 is 0. The molecule has 0 saturated carbocycles. The Labute approximate surface area is 148 Å². The number of carbonyl (C=O) groups is 2. The Hall–Kier alpha value is -2.65. The van der Waals surface area contributed by atoms with Gasteiger partial charge in [-0.3, -0.25) is 14.5 Å². The van der Waals surface area contributed by atoms with Gasteiger partial charge in [0, 0.05) is 13.1 Å². The van der Waals surface area contributed by atoms with E-state index in [0.717, 1.165) is 23.1 Å². The van der Waals surface area contributed by atoms with Crippen LogP contribution in [0.4, 0.5) is 8.78 Å². The van der Waals surface area contributed by atoms with Crippen molar-refractivity contribution in [2.45, 2.75) is 17.9 Å². The normalized spacial score (nSPS) is 15.3. The van der Waals surface area contributed by atoms with E-state index in [2.05, 4.69) is 4.72 Å². The maximum absolute atomic E-state index is 13.3. The first-order chi connectivity index (χ1) is 12.1. The molecule has 0 fully saturated rings. The summed E-state index contributed by atoms with van der Waals surface area (Å²) in [7, 11) is -2.75. The minimum Gasteiger partial charge on any atom is -0.277 e. The number of imide groups is 1. The third-order valence-electron chi connectivity index (χ3n) is 4.15. The lowest BCUT2D eigenvalue weighted by molar-refractivity contribution is 0.0693. The SMILES string of the molecule is CC(NS(=O)(=O)c1ccc2c(c1)C(=O)N(C)C2=O)c1ccc(F)c(F)c1. The topological polar surface area (TPSA) is 83.6 Å². The van der Waals surface area contributed by atoms with Crippen molar-refractivity contribution in [3.8, 4) is 0 Å². The molecule has 1 N–H and O–H groups in total. The highest BCUT2D eigenvalue weighted by Gasteiger charge is 2.34. The predicted molar refractivity (Wildman–Crippen MR) is 88.0 cm³/mol. The van der Waals surface area contributed by atoms with E-state index in [1.807, 2.05) is 0 Å². The Balaban J connectivity index is 1.91. The summed E-state index contributed by atoms with van der Waals surface area (Å²) < 4.78 is 53.8. The van der Waals surface area contributed by atoms with Crippen LogP contribution in [-0.2, 0) is 10.0 Å². The van der Waals surface area contributed by atoms with Gasteiger partial charge in [0.25, 0.3) is 11.8 Å². The molecule has 0 spiro atoms. The van der Waals surface area contributed by atoms with Gasteiger partial charge in [-0.25, -0.2) is 21.9 Å². The number of amides is 2. The molecule has 0 radical (unpaired) electrons. The second-order valence-corrected chi connectivity index (χ2v) is 7.61. The molecule has 1 aliphatic rings. The van der Waals surface area contributed by atoms with E-state index in [9.17, 15) is 26.8 Å². The zero-order chi connectivity index (χ0) is 19.2. The maximum atomic E-state index is 13.3. The van der Waals surface area contributed by atoms with Crippen LogP contribution < -0.4 is 4.72 Å². The van der Waals surface area contributed by atoms with Crippen LogP contribution in [0.3, 0.4) is 0 Å². The van der Waals surface area contributed by atoms with Gasteiger partial charge < -0.3 is 0 Å². The van der Waals surface area contributed by atoms with Gasteiger partial charge in [0.1, 0.15) is 0 Å².